The highest BCUT2D eigenvalue weighted by Gasteiger charge is 2.17. The van der Waals surface area contributed by atoms with E-state index >= 15 is 0 Å². The zero-order chi connectivity index (χ0) is 12.5. The first-order valence-corrected chi connectivity index (χ1v) is 5.69. The predicted molar refractivity (Wildman–Crippen MR) is 64.4 cm³/mol. The van der Waals surface area contributed by atoms with Crippen molar-refractivity contribution in [1.82, 2.24) is 0 Å². The highest BCUT2D eigenvalue weighted by molar-refractivity contribution is 5.96. The quantitative estimate of drug-likeness (QED) is 0.379. The van der Waals surface area contributed by atoms with Gasteiger partial charge in [-0.15, -0.1) is 0 Å². The second-order valence-electron chi connectivity index (χ2n) is 5.26. The molecule has 0 saturated heterocycles. The maximum absolute atomic E-state index is 12.0. The van der Waals surface area contributed by atoms with E-state index in [1.807, 2.05) is 0 Å². The van der Waals surface area contributed by atoms with Crippen LogP contribution in [0.4, 0.5) is 0 Å². The lowest BCUT2D eigenvalue weighted by molar-refractivity contribution is -0.869. The summed E-state index contributed by atoms with van der Waals surface area (Å²) >= 11 is 0. The van der Waals surface area contributed by atoms with Crippen LogP contribution >= 0.6 is 0 Å². The molecule has 100 valence electrons. The first kappa shape index (κ1) is 15.2. The standard InChI is InChI=1S/C13H18NO3.HI/c1-14(2,3)7-6-11(15)10-4-5-12-13(8-10)17-9-16-12;/h4-5,8H,6-7,9H2,1-3H3;1H/q+1;/p-1. The van der Waals surface area contributed by atoms with E-state index in [1.54, 1.807) is 18.2 Å². The molecule has 0 atom stereocenters. The number of Topliss-reactive ketones (excluding diaryl/α,β-unsaturated/α-hetero) is 1. The van der Waals surface area contributed by atoms with Crippen molar-refractivity contribution < 1.29 is 42.7 Å². The highest BCUT2D eigenvalue weighted by Crippen LogP contribution is 2.32. The summed E-state index contributed by atoms with van der Waals surface area (Å²) in [7, 11) is 6.23. The first-order valence-electron chi connectivity index (χ1n) is 5.69. The molecule has 0 spiro atoms. The zero-order valence-electron chi connectivity index (χ0n) is 10.9. The first-order chi connectivity index (χ1) is 7.96. The molecule has 0 bridgehead atoms. The third-order valence-electron chi connectivity index (χ3n) is 2.70. The Kier molecular flexibility index (Phi) is 4.98. The molecule has 5 heteroatoms. The summed E-state index contributed by atoms with van der Waals surface area (Å²) in [5.41, 5.74) is 0.697. The Balaban J connectivity index is 0.00000162. The van der Waals surface area contributed by atoms with Crippen LogP contribution in [0.1, 0.15) is 16.8 Å². The van der Waals surface area contributed by atoms with Gasteiger partial charge >= 0.3 is 0 Å². The summed E-state index contributed by atoms with van der Waals surface area (Å²) in [5.74, 6) is 1.53. The fraction of sp³-hybridized carbons (Fsp3) is 0.462. The highest BCUT2D eigenvalue weighted by atomic mass is 127. The van der Waals surface area contributed by atoms with Gasteiger partial charge in [0.05, 0.1) is 34.1 Å². The summed E-state index contributed by atoms with van der Waals surface area (Å²) < 4.78 is 11.3. The van der Waals surface area contributed by atoms with E-state index in [0.29, 0.717) is 23.5 Å². The average molecular weight is 363 g/mol. The number of carbonyl (C=O) groups is 1. The van der Waals surface area contributed by atoms with E-state index in [1.165, 1.54) is 0 Å². The minimum absolute atomic E-state index is 0. The number of fused-ring (bicyclic) bond motifs is 1. The van der Waals surface area contributed by atoms with Crippen LogP contribution in [-0.4, -0.2) is 44.7 Å². The van der Waals surface area contributed by atoms with Crippen LogP contribution < -0.4 is 33.5 Å². The Morgan fingerprint density at radius 3 is 2.56 bits per heavy atom. The lowest BCUT2D eigenvalue weighted by atomic mass is 10.1. The molecule has 0 amide bonds. The van der Waals surface area contributed by atoms with Gasteiger partial charge in [0, 0.05) is 5.56 Å². The molecule has 1 aliphatic heterocycles. The maximum atomic E-state index is 12.0. The molecule has 1 aromatic carbocycles. The van der Waals surface area contributed by atoms with Gasteiger partial charge in [-0.1, -0.05) is 0 Å². The molecule has 0 saturated carbocycles. The topological polar surface area (TPSA) is 35.5 Å². The third kappa shape index (κ3) is 3.84. The maximum Gasteiger partial charge on any atom is 0.231 e. The molecule has 1 heterocycles. The molecule has 1 aliphatic rings. The number of ketones is 1. The molecule has 0 aliphatic carbocycles. The van der Waals surface area contributed by atoms with E-state index in [2.05, 4.69) is 21.1 Å². The lowest BCUT2D eigenvalue weighted by Gasteiger charge is -2.23. The van der Waals surface area contributed by atoms with Crippen LogP contribution in [0.25, 0.3) is 0 Å². The number of quaternary nitrogens is 1. The van der Waals surface area contributed by atoms with Crippen molar-refractivity contribution in [3.8, 4) is 11.5 Å². The predicted octanol–water partition coefficient (Wildman–Crippen LogP) is -1.30. The van der Waals surface area contributed by atoms with E-state index in [-0.39, 0.29) is 36.6 Å². The number of halogens is 1. The normalized spacial score (nSPS) is 13.1. The monoisotopic (exact) mass is 363 g/mol. The molecule has 0 fully saturated rings. The van der Waals surface area contributed by atoms with Gasteiger partial charge in [-0.05, 0) is 18.2 Å². The van der Waals surface area contributed by atoms with Gasteiger partial charge in [-0.2, -0.15) is 0 Å². The number of nitrogens with zero attached hydrogens (tertiary/aromatic N) is 1. The van der Waals surface area contributed by atoms with E-state index in [4.69, 9.17) is 9.47 Å². The van der Waals surface area contributed by atoms with Crippen molar-refractivity contribution in [2.75, 3.05) is 34.5 Å². The number of carbonyl (C=O) groups excluding carboxylic acids is 1. The number of ether oxygens (including phenoxy) is 2. The Bertz CT molecular complexity index is 440. The molecule has 0 aromatic heterocycles. The summed E-state index contributed by atoms with van der Waals surface area (Å²) in [5, 5.41) is 0. The second-order valence-corrected chi connectivity index (χ2v) is 5.26. The van der Waals surface area contributed by atoms with Gasteiger partial charge in [-0.3, -0.25) is 4.79 Å². The van der Waals surface area contributed by atoms with E-state index in [0.717, 1.165) is 11.0 Å². The number of hydrogen-bond donors (Lipinski definition) is 0. The second kappa shape index (κ2) is 5.88. The Morgan fingerprint density at radius 2 is 1.89 bits per heavy atom. The van der Waals surface area contributed by atoms with Crippen LogP contribution in [0.5, 0.6) is 11.5 Å². The van der Waals surface area contributed by atoms with Crippen LogP contribution in [0.3, 0.4) is 0 Å². The molecule has 18 heavy (non-hydrogen) atoms. The average Bonchev–Trinajstić information content (AvgIpc) is 2.71. The van der Waals surface area contributed by atoms with Crippen molar-refractivity contribution in [3.05, 3.63) is 23.8 Å². The van der Waals surface area contributed by atoms with E-state index < -0.39 is 0 Å². The van der Waals surface area contributed by atoms with Gasteiger partial charge in [-0.25, -0.2) is 0 Å². The molecule has 0 radical (unpaired) electrons. The Labute approximate surface area is 124 Å². The van der Waals surface area contributed by atoms with Crippen molar-refractivity contribution in [3.63, 3.8) is 0 Å². The minimum Gasteiger partial charge on any atom is -1.00 e. The molecule has 0 N–H and O–H groups in total. The smallest absolute Gasteiger partial charge is 0.231 e. The summed E-state index contributed by atoms with van der Waals surface area (Å²) in [6.45, 7) is 1.07. The molecule has 0 unspecified atom stereocenters. The van der Waals surface area contributed by atoms with Crippen molar-refractivity contribution >= 4 is 5.78 Å². The fourth-order valence-electron chi connectivity index (χ4n) is 1.65. The molecule has 1 aromatic rings. The fourth-order valence-corrected chi connectivity index (χ4v) is 1.65. The van der Waals surface area contributed by atoms with Crippen molar-refractivity contribution in [1.29, 1.82) is 0 Å². The molecular weight excluding hydrogens is 345 g/mol. The van der Waals surface area contributed by atoms with Gasteiger partial charge in [0.15, 0.2) is 17.3 Å². The number of hydrogen-bond acceptors (Lipinski definition) is 3. The van der Waals surface area contributed by atoms with Gasteiger partial charge < -0.3 is 37.9 Å². The van der Waals surface area contributed by atoms with E-state index in [9.17, 15) is 4.79 Å². The SMILES string of the molecule is C[N+](C)(C)CCC(=O)c1ccc2c(c1)OCO2.[I-]. The Hall–Kier alpha value is -0.820. The van der Waals surface area contributed by atoms with Crippen LogP contribution in [0.15, 0.2) is 18.2 Å². The van der Waals surface area contributed by atoms with Crippen molar-refractivity contribution in [2.24, 2.45) is 0 Å². The zero-order valence-corrected chi connectivity index (χ0v) is 13.1. The summed E-state index contributed by atoms with van der Waals surface area (Å²) in [6, 6.07) is 5.35. The summed E-state index contributed by atoms with van der Waals surface area (Å²) in [4.78, 5) is 12.0. The number of rotatable bonds is 4. The largest absolute Gasteiger partial charge is 1.00 e. The summed E-state index contributed by atoms with van der Waals surface area (Å²) in [6.07, 6.45) is 0.545. The van der Waals surface area contributed by atoms with Crippen LogP contribution in [0.2, 0.25) is 0 Å². The lowest BCUT2D eigenvalue weighted by Crippen LogP contribution is -3.00. The van der Waals surface area contributed by atoms with Crippen molar-refractivity contribution in [2.45, 2.75) is 6.42 Å². The number of benzene rings is 1. The van der Waals surface area contributed by atoms with Crippen LogP contribution in [0, 0.1) is 0 Å². The Morgan fingerprint density at radius 1 is 1.22 bits per heavy atom. The van der Waals surface area contributed by atoms with Gasteiger partial charge in [0.1, 0.15) is 0 Å². The third-order valence-corrected chi connectivity index (χ3v) is 2.70. The van der Waals surface area contributed by atoms with Crippen LogP contribution in [-0.2, 0) is 0 Å². The molecule has 2 rings (SSSR count). The van der Waals surface area contributed by atoms with Gasteiger partial charge in [0.2, 0.25) is 6.79 Å². The van der Waals surface area contributed by atoms with Gasteiger partial charge in [0.25, 0.3) is 0 Å². The molecule has 4 nitrogen and oxygen atoms in total. The minimum atomic E-state index is 0. The molecular formula is C13H18INO3.